The van der Waals surface area contributed by atoms with E-state index in [1.54, 1.807) is 6.07 Å². The predicted molar refractivity (Wildman–Crippen MR) is 69.4 cm³/mol. The van der Waals surface area contributed by atoms with Gasteiger partial charge in [-0.2, -0.15) is 0 Å². The first kappa shape index (κ1) is 11.4. The summed E-state index contributed by atoms with van der Waals surface area (Å²) in [6, 6.07) is 5.36. The van der Waals surface area contributed by atoms with Gasteiger partial charge in [-0.25, -0.2) is 0 Å². The first-order chi connectivity index (χ1) is 8.44. The van der Waals surface area contributed by atoms with Crippen LogP contribution in [0.25, 0.3) is 11.3 Å². The molecule has 0 amide bonds. The number of fused-ring (bicyclic) bond motifs is 1. The zero-order valence-electron chi connectivity index (χ0n) is 9.86. The maximum absolute atomic E-state index is 5.69. The van der Waals surface area contributed by atoms with E-state index in [0.29, 0.717) is 17.2 Å². The van der Waals surface area contributed by atoms with Crippen LogP contribution in [0.5, 0.6) is 11.5 Å². The number of benzene rings is 1. The van der Waals surface area contributed by atoms with Crippen LogP contribution >= 0.6 is 15.9 Å². The van der Waals surface area contributed by atoms with Crippen molar-refractivity contribution in [3.63, 3.8) is 0 Å². The molecule has 5 nitrogen and oxygen atoms in total. The Labute approximate surface area is 112 Å². The lowest BCUT2D eigenvalue weighted by molar-refractivity contribution is -0.0431. The number of nitrogens with zero attached hydrogens (tertiary/aromatic N) is 1. The van der Waals surface area contributed by atoms with E-state index in [1.165, 1.54) is 0 Å². The maximum Gasteiger partial charge on any atom is 0.246 e. The van der Waals surface area contributed by atoms with Crippen LogP contribution in [0.2, 0.25) is 0 Å². The molecule has 0 saturated heterocycles. The highest BCUT2D eigenvalue weighted by Gasteiger charge is 2.32. The lowest BCUT2D eigenvalue weighted by atomic mass is 10.1. The molecule has 94 valence electrons. The second-order valence-electron chi connectivity index (χ2n) is 4.50. The monoisotopic (exact) mass is 310 g/mol. The Morgan fingerprint density at radius 2 is 1.83 bits per heavy atom. The van der Waals surface area contributed by atoms with E-state index < -0.39 is 5.79 Å². The summed E-state index contributed by atoms with van der Waals surface area (Å²) in [7, 11) is 0. The lowest BCUT2D eigenvalue weighted by Gasteiger charge is -2.16. The topological polar surface area (TPSA) is 70.5 Å². The Morgan fingerprint density at radius 1 is 1.17 bits per heavy atom. The summed E-state index contributed by atoms with van der Waals surface area (Å²) in [5, 5.41) is 3.88. The van der Waals surface area contributed by atoms with E-state index in [-0.39, 0.29) is 5.88 Å². The highest BCUT2D eigenvalue weighted by Crippen LogP contribution is 2.44. The highest BCUT2D eigenvalue weighted by molar-refractivity contribution is 9.10. The zero-order valence-corrected chi connectivity index (χ0v) is 11.4. The summed E-state index contributed by atoms with van der Waals surface area (Å²) < 4.78 is 17.0. The smallest absolute Gasteiger partial charge is 0.246 e. The largest absolute Gasteiger partial charge is 0.449 e. The molecule has 0 radical (unpaired) electrons. The van der Waals surface area contributed by atoms with Crippen LogP contribution in [-0.2, 0) is 0 Å². The van der Waals surface area contributed by atoms with Gasteiger partial charge in [-0.15, -0.1) is 0 Å². The van der Waals surface area contributed by atoms with Crippen molar-refractivity contribution in [2.75, 3.05) is 5.73 Å². The summed E-state index contributed by atoms with van der Waals surface area (Å²) in [5.74, 6) is 1.00. The van der Waals surface area contributed by atoms with Crippen LogP contribution in [0.1, 0.15) is 13.8 Å². The Balaban J connectivity index is 2.09. The summed E-state index contributed by atoms with van der Waals surface area (Å²) in [6.45, 7) is 3.71. The Morgan fingerprint density at radius 3 is 2.44 bits per heavy atom. The third kappa shape index (κ3) is 1.82. The second-order valence-corrected chi connectivity index (χ2v) is 5.35. The number of hydrogen-bond donors (Lipinski definition) is 1. The number of ether oxygens (including phenoxy) is 2. The fourth-order valence-electron chi connectivity index (χ4n) is 1.86. The van der Waals surface area contributed by atoms with Gasteiger partial charge in [0.15, 0.2) is 11.5 Å². The molecule has 3 rings (SSSR count). The molecular formula is C12H11BrN2O3. The van der Waals surface area contributed by atoms with Gasteiger partial charge in [0.2, 0.25) is 11.7 Å². The number of nitrogen functional groups attached to an aromatic ring is 1. The van der Waals surface area contributed by atoms with E-state index in [1.807, 2.05) is 26.0 Å². The second kappa shape index (κ2) is 3.65. The van der Waals surface area contributed by atoms with E-state index >= 15 is 0 Å². The normalized spacial score (nSPS) is 15.9. The zero-order chi connectivity index (χ0) is 12.9. The van der Waals surface area contributed by atoms with Gasteiger partial charge in [0, 0.05) is 30.0 Å². The van der Waals surface area contributed by atoms with Crippen LogP contribution in [0.15, 0.2) is 27.2 Å². The van der Waals surface area contributed by atoms with Gasteiger partial charge in [-0.3, -0.25) is 0 Å². The highest BCUT2D eigenvalue weighted by atomic mass is 79.9. The van der Waals surface area contributed by atoms with Crippen molar-refractivity contribution in [2.45, 2.75) is 19.6 Å². The van der Waals surface area contributed by atoms with Crippen molar-refractivity contribution in [1.82, 2.24) is 5.16 Å². The fourth-order valence-corrected chi connectivity index (χ4v) is 2.38. The van der Waals surface area contributed by atoms with Crippen molar-refractivity contribution in [3.8, 4) is 22.8 Å². The van der Waals surface area contributed by atoms with Crippen LogP contribution in [-0.4, -0.2) is 10.9 Å². The quantitative estimate of drug-likeness (QED) is 0.876. The average molecular weight is 311 g/mol. The number of anilines is 1. The molecule has 0 atom stereocenters. The summed E-state index contributed by atoms with van der Waals surface area (Å²) in [4.78, 5) is 0. The van der Waals surface area contributed by atoms with Crippen molar-refractivity contribution >= 4 is 21.8 Å². The molecule has 6 heteroatoms. The summed E-state index contributed by atoms with van der Waals surface area (Å²) in [5.41, 5.74) is 7.01. The van der Waals surface area contributed by atoms with E-state index in [2.05, 4.69) is 21.1 Å². The van der Waals surface area contributed by atoms with Gasteiger partial charge in [0.25, 0.3) is 0 Å². The first-order valence-corrected chi connectivity index (χ1v) is 6.18. The maximum atomic E-state index is 5.69. The Hall–Kier alpha value is -1.69. The minimum Gasteiger partial charge on any atom is -0.449 e. The molecule has 0 saturated carbocycles. The number of halogens is 1. The predicted octanol–water partition coefficient (Wildman–Crippen LogP) is 3.19. The minimum absolute atomic E-state index is 0.273. The summed E-state index contributed by atoms with van der Waals surface area (Å²) in [6.07, 6.45) is 0. The molecule has 2 aromatic rings. The molecular weight excluding hydrogens is 300 g/mol. The van der Waals surface area contributed by atoms with Crippen molar-refractivity contribution in [3.05, 3.63) is 22.7 Å². The Bertz CT molecular complexity index is 622. The molecule has 1 aromatic carbocycles. The molecule has 2 heterocycles. The molecule has 1 aliphatic heterocycles. The first-order valence-electron chi connectivity index (χ1n) is 5.39. The van der Waals surface area contributed by atoms with Gasteiger partial charge < -0.3 is 19.7 Å². The third-order valence-electron chi connectivity index (χ3n) is 2.55. The Kier molecular flexibility index (Phi) is 2.31. The van der Waals surface area contributed by atoms with Gasteiger partial charge in [-0.1, -0.05) is 5.16 Å². The van der Waals surface area contributed by atoms with Gasteiger partial charge in [0.1, 0.15) is 5.69 Å². The number of aromatic nitrogens is 1. The lowest BCUT2D eigenvalue weighted by Crippen LogP contribution is -2.29. The molecule has 0 aliphatic carbocycles. The van der Waals surface area contributed by atoms with Crippen LogP contribution < -0.4 is 15.2 Å². The van der Waals surface area contributed by atoms with E-state index in [0.717, 1.165) is 10.0 Å². The molecule has 0 bridgehead atoms. The van der Waals surface area contributed by atoms with Crippen LogP contribution in [0.3, 0.4) is 0 Å². The number of nitrogens with two attached hydrogens (primary N) is 1. The molecule has 0 spiro atoms. The molecule has 18 heavy (non-hydrogen) atoms. The van der Waals surface area contributed by atoms with Crippen molar-refractivity contribution in [2.24, 2.45) is 0 Å². The SMILES string of the molecule is CC1(C)Oc2cc(Br)c(-c3cc(N)on3)cc2O1. The van der Waals surface area contributed by atoms with Crippen LogP contribution in [0.4, 0.5) is 5.88 Å². The van der Waals surface area contributed by atoms with Crippen LogP contribution in [0, 0.1) is 0 Å². The van der Waals surface area contributed by atoms with Gasteiger partial charge >= 0.3 is 0 Å². The summed E-state index contributed by atoms with van der Waals surface area (Å²) >= 11 is 3.48. The number of hydrogen-bond acceptors (Lipinski definition) is 5. The molecule has 1 aromatic heterocycles. The standard InChI is InChI=1S/C12H11BrN2O3/c1-12(2)16-9-3-6(7(13)4-10(9)17-12)8-5-11(14)18-15-8/h3-5H,14H2,1-2H3. The third-order valence-corrected chi connectivity index (χ3v) is 3.21. The van der Waals surface area contributed by atoms with E-state index in [9.17, 15) is 0 Å². The average Bonchev–Trinajstić information content (AvgIpc) is 2.79. The van der Waals surface area contributed by atoms with Gasteiger partial charge in [-0.05, 0) is 28.1 Å². The van der Waals surface area contributed by atoms with Crippen molar-refractivity contribution in [1.29, 1.82) is 0 Å². The number of rotatable bonds is 1. The van der Waals surface area contributed by atoms with E-state index in [4.69, 9.17) is 19.7 Å². The molecule has 2 N–H and O–H groups in total. The molecule has 0 fully saturated rings. The molecule has 0 unspecified atom stereocenters. The van der Waals surface area contributed by atoms with Crippen molar-refractivity contribution < 1.29 is 14.0 Å². The fraction of sp³-hybridized carbons (Fsp3) is 0.250. The minimum atomic E-state index is -0.650. The van der Waals surface area contributed by atoms with Gasteiger partial charge in [0.05, 0.1) is 0 Å². The molecule has 1 aliphatic rings.